The van der Waals surface area contributed by atoms with Gasteiger partial charge in [0.25, 0.3) is 0 Å². The molecular weight excluding hydrogens is 201 g/mol. The van der Waals surface area contributed by atoms with Crippen LogP contribution in [0.4, 0.5) is 0 Å². The van der Waals surface area contributed by atoms with E-state index in [1.807, 2.05) is 0 Å². The quantitative estimate of drug-likeness (QED) is 0.160. The molecule has 0 aliphatic heterocycles. The van der Waals surface area contributed by atoms with E-state index >= 15 is 0 Å². The summed E-state index contributed by atoms with van der Waals surface area (Å²) in [6.07, 6.45) is 0.153. The van der Waals surface area contributed by atoms with Crippen LogP contribution in [0.3, 0.4) is 0 Å². The van der Waals surface area contributed by atoms with Crippen LogP contribution in [0.2, 0.25) is 0 Å². The van der Waals surface area contributed by atoms with Gasteiger partial charge in [0, 0.05) is 24.2 Å². The summed E-state index contributed by atoms with van der Waals surface area (Å²) in [7, 11) is -4.60. The standard InChI is InChI=1S/C3H5NO4S2.Na/c4-2-1-3-9-8-10(5,6)7;/h1,3H2,(H,5,6,7);/q;+1/p-1. The van der Waals surface area contributed by atoms with E-state index in [0.29, 0.717) is 12.0 Å². The second-order valence-corrected chi connectivity index (χ2v) is 3.21. The Labute approximate surface area is 91.6 Å². The van der Waals surface area contributed by atoms with E-state index in [1.165, 1.54) is 0 Å². The van der Waals surface area contributed by atoms with Crippen LogP contribution in [-0.4, -0.2) is 18.7 Å². The van der Waals surface area contributed by atoms with E-state index in [4.69, 9.17) is 5.26 Å². The Hall–Kier alpha value is 0.710. The third-order valence-corrected chi connectivity index (χ3v) is 1.85. The average molecular weight is 205 g/mol. The first-order chi connectivity index (χ1) is 4.56. The first-order valence-corrected chi connectivity index (χ1v) is 4.44. The number of nitriles is 1. The topological polar surface area (TPSA) is 90.2 Å². The Kier molecular flexibility index (Phi) is 9.54. The van der Waals surface area contributed by atoms with Gasteiger partial charge in [-0.3, -0.25) is 0 Å². The molecule has 0 aromatic carbocycles. The van der Waals surface area contributed by atoms with Gasteiger partial charge in [-0.05, 0) is 0 Å². The summed E-state index contributed by atoms with van der Waals surface area (Å²) in [5.74, 6) is 0.179. The fourth-order valence-corrected chi connectivity index (χ4v) is 1.10. The first kappa shape index (κ1) is 14.2. The van der Waals surface area contributed by atoms with Gasteiger partial charge in [-0.1, -0.05) is 0 Å². The monoisotopic (exact) mass is 205 g/mol. The Balaban J connectivity index is 0. The molecule has 0 amide bonds. The van der Waals surface area contributed by atoms with Crippen molar-refractivity contribution in [2.75, 3.05) is 5.75 Å². The molecule has 0 saturated carbocycles. The van der Waals surface area contributed by atoms with Gasteiger partial charge in [0.05, 0.1) is 6.07 Å². The van der Waals surface area contributed by atoms with Crippen molar-refractivity contribution < 1.29 is 46.2 Å². The minimum Gasteiger partial charge on any atom is -0.725 e. The van der Waals surface area contributed by atoms with E-state index in [1.54, 1.807) is 6.07 Å². The summed E-state index contributed by atoms with van der Waals surface area (Å²) < 4.78 is 32.9. The summed E-state index contributed by atoms with van der Waals surface area (Å²) in [5, 5.41) is 7.95. The average Bonchev–Trinajstić information content (AvgIpc) is 1.78. The summed E-state index contributed by atoms with van der Waals surface area (Å²) in [4.78, 5) is 0. The van der Waals surface area contributed by atoms with Crippen LogP contribution in [0.25, 0.3) is 0 Å². The molecule has 0 N–H and O–H groups in total. The molecule has 0 unspecified atom stereocenters. The van der Waals surface area contributed by atoms with Crippen molar-refractivity contribution in [2.24, 2.45) is 0 Å². The van der Waals surface area contributed by atoms with Gasteiger partial charge in [0.2, 0.25) is 10.4 Å². The summed E-state index contributed by atoms with van der Waals surface area (Å²) in [6, 6.07) is 1.76. The van der Waals surface area contributed by atoms with Crippen molar-refractivity contribution in [1.29, 1.82) is 5.26 Å². The summed E-state index contributed by atoms with van der Waals surface area (Å²) in [5.41, 5.74) is 0. The van der Waals surface area contributed by atoms with Gasteiger partial charge in [0.15, 0.2) is 0 Å². The zero-order chi connectivity index (χ0) is 8.04. The summed E-state index contributed by atoms with van der Waals surface area (Å²) >= 11 is 0.462. The predicted molar refractivity (Wildman–Crippen MR) is 33.5 cm³/mol. The third kappa shape index (κ3) is 13.7. The Morgan fingerprint density at radius 2 is 2.18 bits per heavy atom. The number of hydrogen-bond donors (Lipinski definition) is 0. The molecule has 0 aromatic heterocycles. The predicted octanol–water partition coefficient (Wildman–Crippen LogP) is -2.97. The van der Waals surface area contributed by atoms with Crippen molar-refractivity contribution in [1.82, 2.24) is 0 Å². The molecule has 0 spiro atoms. The second kappa shape index (κ2) is 7.36. The minimum atomic E-state index is -4.60. The molecule has 58 valence electrons. The van der Waals surface area contributed by atoms with Crippen molar-refractivity contribution in [3.05, 3.63) is 0 Å². The molecule has 0 radical (unpaired) electrons. The van der Waals surface area contributed by atoms with Gasteiger partial charge in [-0.15, -0.1) is 0 Å². The van der Waals surface area contributed by atoms with Crippen LogP contribution in [0.15, 0.2) is 0 Å². The van der Waals surface area contributed by atoms with Crippen molar-refractivity contribution in [3.63, 3.8) is 0 Å². The maximum atomic E-state index is 9.71. The van der Waals surface area contributed by atoms with Crippen LogP contribution in [-0.2, 0) is 14.0 Å². The molecular formula is C3H4NNaO4S2. The molecule has 0 atom stereocenters. The van der Waals surface area contributed by atoms with E-state index < -0.39 is 10.4 Å². The fraction of sp³-hybridized carbons (Fsp3) is 0.667. The van der Waals surface area contributed by atoms with Crippen molar-refractivity contribution in [3.8, 4) is 6.07 Å². The van der Waals surface area contributed by atoms with Gasteiger partial charge in [0.1, 0.15) is 0 Å². The number of hydrogen-bond acceptors (Lipinski definition) is 6. The zero-order valence-electron chi connectivity index (χ0n) is 5.81. The molecule has 0 aliphatic rings. The molecule has 0 bridgehead atoms. The van der Waals surface area contributed by atoms with E-state index in [2.05, 4.69) is 3.63 Å². The van der Waals surface area contributed by atoms with Crippen molar-refractivity contribution in [2.45, 2.75) is 6.42 Å². The molecule has 0 heterocycles. The van der Waals surface area contributed by atoms with E-state index in [-0.39, 0.29) is 41.7 Å². The number of nitrogens with zero attached hydrogens (tertiary/aromatic N) is 1. The van der Waals surface area contributed by atoms with Gasteiger partial charge in [-0.2, -0.15) is 5.26 Å². The molecule has 0 aromatic rings. The smallest absolute Gasteiger partial charge is 0.725 e. The van der Waals surface area contributed by atoms with E-state index in [0.717, 1.165) is 0 Å². The molecule has 0 aliphatic carbocycles. The van der Waals surface area contributed by atoms with Gasteiger partial charge < -0.3 is 4.55 Å². The molecule has 8 heteroatoms. The van der Waals surface area contributed by atoms with E-state index in [9.17, 15) is 13.0 Å². The Morgan fingerprint density at radius 3 is 2.55 bits per heavy atom. The molecule has 0 saturated heterocycles. The SMILES string of the molecule is N#CCCSOS(=O)(=O)[O-].[Na+]. The second-order valence-electron chi connectivity index (χ2n) is 1.21. The number of rotatable bonds is 4. The first-order valence-electron chi connectivity index (χ1n) is 2.20. The molecule has 11 heavy (non-hydrogen) atoms. The summed E-state index contributed by atoms with van der Waals surface area (Å²) in [6.45, 7) is 0. The zero-order valence-corrected chi connectivity index (χ0v) is 9.44. The van der Waals surface area contributed by atoms with Crippen LogP contribution in [0.1, 0.15) is 6.42 Å². The normalized spacial score (nSPS) is 9.82. The van der Waals surface area contributed by atoms with Crippen LogP contribution >= 0.6 is 12.0 Å². The molecule has 0 fully saturated rings. The van der Waals surface area contributed by atoms with Crippen molar-refractivity contribution >= 4 is 22.4 Å². The minimum absolute atomic E-state index is 0. The largest absolute Gasteiger partial charge is 1.00 e. The maximum absolute atomic E-state index is 9.71. The van der Waals surface area contributed by atoms with Crippen LogP contribution in [0.5, 0.6) is 0 Å². The molecule has 0 rings (SSSR count). The fourth-order valence-electron chi connectivity index (χ4n) is 0.180. The van der Waals surface area contributed by atoms with Gasteiger partial charge in [-0.25, -0.2) is 12.0 Å². The third-order valence-electron chi connectivity index (χ3n) is 0.429. The van der Waals surface area contributed by atoms with Gasteiger partial charge >= 0.3 is 29.6 Å². The van der Waals surface area contributed by atoms with Crippen LogP contribution in [0, 0.1) is 11.3 Å². The Bertz CT molecular complexity index is 220. The molecule has 5 nitrogen and oxygen atoms in total. The maximum Gasteiger partial charge on any atom is 1.00 e. The van der Waals surface area contributed by atoms with Crippen LogP contribution < -0.4 is 29.6 Å². The Morgan fingerprint density at radius 1 is 1.64 bits per heavy atom.